The number of nitrogens with one attached hydrogen (secondary N) is 2. The summed E-state index contributed by atoms with van der Waals surface area (Å²) < 4.78 is 0. The van der Waals surface area contributed by atoms with Crippen molar-refractivity contribution >= 4 is 24.3 Å². The normalized spacial score (nSPS) is 8.67. The number of carbonyl (C=O) groups is 2. The van der Waals surface area contributed by atoms with Crippen LogP contribution in [0.25, 0.3) is 0 Å². The van der Waals surface area contributed by atoms with Crippen LogP contribution in [0.2, 0.25) is 0 Å². The van der Waals surface area contributed by atoms with Crippen LogP contribution in [-0.4, -0.2) is 17.8 Å². The van der Waals surface area contributed by atoms with Gasteiger partial charge in [-0.15, -0.1) is 0 Å². The van der Waals surface area contributed by atoms with Crippen LogP contribution in [0, 0.1) is 0 Å². The van der Waals surface area contributed by atoms with Gasteiger partial charge in [-0.1, -0.05) is 0 Å². The molecule has 0 unspecified atom stereocenters. The highest BCUT2D eigenvalue weighted by Crippen LogP contribution is 2.07. The summed E-state index contributed by atoms with van der Waals surface area (Å²) >= 11 is 0. The number of amides is 2. The summed E-state index contributed by atoms with van der Waals surface area (Å²) in [6.07, 6.45) is 2.54. The third-order valence-corrected chi connectivity index (χ3v) is 1.20. The summed E-state index contributed by atoms with van der Waals surface area (Å²) in [5.41, 5.74) is 0.585. The Balaban J connectivity index is 2.70. The van der Waals surface area contributed by atoms with Crippen molar-refractivity contribution in [2.24, 2.45) is 0 Å². The predicted octanol–water partition coefficient (Wildman–Crippen LogP) is 0.218. The molecule has 1 rings (SSSR count). The SMILES string of the molecule is O=CNc1ccc(NC=O)nc1. The molecular formula is C7H7N3O2. The molecule has 62 valence electrons. The van der Waals surface area contributed by atoms with Crippen molar-refractivity contribution in [2.75, 3.05) is 10.6 Å². The van der Waals surface area contributed by atoms with Gasteiger partial charge in [0.2, 0.25) is 12.8 Å². The van der Waals surface area contributed by atoms with Crippen molar-refractivity contribution < 1.29 is 9.59 Å². The predicted molar refractivity (Wildman–Crippen MR) is 43.6 cm³/mol. The van der Waals surface area contributed by atoms with Crippen LogP contribution < -0.4 is 10.6 Å². The summed E-state index contributed by atoms with van der Waals surface area (Å²) in [6.45, 7) is 0. The minimum absolute atomic E-state index is 0.446. The molecule has 5 heteroatoms. The molecule has 2 N–H and O–H groups in total. The van der Waals surface area contributed by atoms with Crippen LogP contribution in [0.4, 0.5) is 11.5 Å². The average Bonchev–Trinajstić information content (AvgIpc) is 2.09. The van der Waals surface area contributed by atoms with E-state index >= 15 is 0 Å². The second-order valence-corrected chi connectivity index (χ2v) is 1.96. The molecule has 0 bridgehead atoms. The van der Waals surface area contributed by atoms with Crippen LogP contribution in [0.5, 0.6) is 0 Å². The van der Waals surface area contributed by atoms with Gasteiger partial charge in [0.1, 0.15) is 5.82 Å². The third kappa shape index (κ3) is 2.05. The van der Waals surface area contributed by atoms with E-state index in [0.29, 0.717) is 24.3 Å². The van der Waals surface area contributed by atoms with Crippen LogP contribution >= 0.6 is 0 Å². The highest BCUT2D eigenvalue weighted by molar-refractivity contribution is 5.73. The second-order valence-electron chi connectivity index (χ2n) is 1.96. The molecule has 2 amide bonds. The lowest BCUT2D eigenvalue weighted by Crippen LogP contribution is -1.98. The number of pyridine rings is 1. The molecule has 0 saturated carbocycles. The Kier molecular flexibility index (Phi) is 2.78. The molecule has 5 nitrogen and oxygen atoms in total. The maximum absolute atomic E-state index is 9.97. The number of anilines is 2. The summed E-state index contributed by atoms with van der Waals surface area (Å²) in [5.74, 6) is 0.446. The van der Waals surface area contributed by atoms with Crippen LogP contribution in [0.1, 0.15) is 0 Å². The van der Waals surface area contributed by atoms with Gasteiger partial charge in [-0.25, -0.2) is 4.98 Å². The Morgan fingerprint density at radius 3 is 2.42 bits per heavy atom. The van der Waals surface area contributed by atoms with Crippen molar-refractivity contribution in [1.29, 1.82) is 0 Å². The smallest absolute Gasteiger partial charge is 0.212 e. The Labute approximate surface area is 68.8 Å². The minimum Gasteiger partial charge on any atom is -0.327 e. The van der Waals surface area contributed by atoms with Crippen molar-refractivity contribution in [2.45, 2.75) is 0 Å². The first-order valence-electron chi connectivity index (χ1n) is 3.23. The fourth-order valence-electron chi connectivity index (χ4n) is 0.693. The molecule has 1 heterocycles. The van der Waals surface area contributed by atoms with Crippen LogP contribution in [-0.2, 0) is 9.59 Å². The molecule has 12 heavy (non-hydrogen) atoms. The number of carbonyl (C=O) groups excluding carboxylic acids is 2. The zero-order valence-electron chi connectivity index (χ0n) is 6.15. The highest BCUT2D eigenvalue weighted by atomic mass is 16.1. The summed E-state index contributed by atoms with van der Waals surface area (Å²) in [4.78, 5) is 23.8. The lowest BCUT2D eigenvalue weighted by molar-refractivity contribution is -0.106. The molecule has 0 spiro atoms. The monoisotopic (exact) mass is 165 g/mol. The minimum atomic E-state index is 0.446. The third-order valence-electron chi connectivity index (χ3n) is 1.20. The summed E-state index contributed by atoms with van der Waals surface area (Å²) in [6, 6.07) is 3.22. The largest absolute Gasteiger partial charge is 0.327 e. The number of hydrogen-bond donors (Lipinski definition) is 2. The first kappa shape index (κ1) is 8.19. The van der Waals surface area contributed by atoms with Gasteiger partial charge in [0.15, 0.2) is 0 Å². The zero-order valence-corrected chi connectivity index (χ0v) is 6.15. The van der Waals surface area contributed by atoms with Crippen LogP contribution in [0.15, 0.2) is 18.3 Å². The van der Waals surface area contributed by atoms with E-state index in [-0.39, 0.29) is 0 Å². The highest BCUT2D eigenvalue weighted by Gasteiger charge is 1.91. The van der Waals surface area contributed by atoms with E-state index in [1.165, 1.54) is 6.20 Å². The molecule has 0 fully saturated rings. The molecule has 0 radical (unpaired) electrons. The molecule has 0 saturated heterocycles. The lowest BCUT2D eigenvalue weighted by atomic mass is 10.4. The molecule has 1 aromatic heterocycles. The van der Waals surface area contributed by atoms with E-state index in [2.05, 4.69) is 15.6 Å². The van der Waals surface area contributed by atoms with E-state index in [9.17, 15) is 9.59 Å². The molecule has 0 aliphatic rings. The van der Waals surface area contributed by atoms with Crippen molar-refractivity contribution in [3.63, 3.8) is 0 Å². The van der Waals surface area contributed by atoms with Gasteiger partial charge in [0, 0.05) is 0 Å². The second kappa shape index (κ2) is 4.07. The Morgan fingerprint density at radius 2 is 1.92 bits per heavy atom. The van der Waals surface area contributed by atoms with E-state index in [0.717, 1.165) is 0 Å². The summed E-state index contributed by atoms with van der Waals surface area (Å²) in [5, 5.41) is 4.79. The zero-order chi connectivity index (χ0) is 8.81. The Hall–Kier alpha value is -1.91. The van der Waals surface area contributed by atoms with E-state index in [1.807, 2.05) is 0 Å². The van der Waals surface area contributed by atoms with Crippen molar-refractivity contribution in [3.05, 3.63) is 18.3 Å². The first-order chi connectivity index (χ1) is 5.86. The van der Waals surface area contributed by atoms with Gasteiger partial charge in [0.25, 0.3) is 0 Å². The molecule has 0 aliphatic carbocycles. The fraction of sp³-hybridized carbons (Fsp3) is 0. The Morgan fingerprint density at radius 1 is 1.17 bits per heavy atom. The first-order valence-corrected chi connectivity index (χ1v) is 3.23. The topological polar surface area (TPSA) is 71.1 Å². The fourth-order valence-corrected chi connectivity index (χ4v) is 0.693. The van der Waals surface area contributed by atoms with Gasteiger partial charge in [-0.2, -0.15) is 0 Å². The number of aromatic nitrogens is 1. The van der Waals surface area contributed by atoms with Crippen LogP contribution in [0.3, 0.4) is 0 Å². The van der Waals surface area contributed by atoms with Gasteiger partial charge < -0.3 is 10.6 Å². The molecular weight excluding hydrogens is 158 g/mol. The molecule has 0 aliphatic heterocycles. The van der Waals surface area contributed by atoms with E-state index < -0.39 is 0 Å². The molecule has 0 atom stereocenters. The molecule has 0 aromatic carbocycles. The van der Waals surface area contributed by atoms with Gasteiger partial charge in [-0.05, 0) is 12.1 Å². The number of nitrogens with zero attached hydrogens (tertiary/aromatic N) is 1. The van der Waals surface area contributed by atoms with Crippen molar-refractivity contribution in [1.82, 2.24) is 4.98 Å². The van der Waals surface area contributed by atoms with E-state index in [1.54, 1.807) is 12.1 Å². The average molecular weight is 165 g/mol. The van der Waals surface area contributed by atoms with Crippen molar-refractivity contribution in [3.8, 4) is 0 Å². The maximum Gasteiger partial charge on any atom is 0.212 e. The maximum atomic E-state index is 9.97. The lowest BCUT2D eigenvalue weighted by Gasteiger charge is -1.99. The van der Waals surface area contributed by atoms with Gasteiger partial charge in [-0.3, -0.25) is 9.59 Å². The number of rotatable bonds is 4. The Bertz CT molecular complexity index is 241. The number of hydrogen-bond acceptors (Lipinski definition) is 3. The quantitative estimate of drug-likeness (QED) is 0.627. The van der Waals surface area contributed by atoms with Gasteiger partial charge in [0.05, 0.1) is 11.9 Å². The van der Waals surface area contributed by atoms with E-state index in [4.69, 9.17) is 0 Å². The standard InChI is InChI=1S/C7H7N3O2/c11-4-9-6-1-2-7(8-3-6)10-5-12/h1-5H,(H,9,11)(H,8,10,12). The summed E-state index contributed by atoms with van der Waals surface area (Å²) in [7, 11) is 0. The molecule has 1 aromatic rings. The van der Waals surface area contributed by atoms with Gasteiger partial charge >= 0.3 is 0 Å².